The number of aromatic nitrogens is 1. The van der Waals surface area contributed by atoms with Gasteiger partial charge in [-0.2, -0.15) is 0 Å². The molecule has 0 spiro atoms. The highest BCUT2D eigenvalue weighted by Crippen LogP contribution is 2.20. The van der Waals surface area contributed by atoms with Gasteiger partial charge in [-0.25, -0.2) is 4.39 Å². The molecule has 0 atom stereocenters. The van der Waals surface area contributed by atoms with Crippen molar-refractivity contribution in [1.82, 2.24) is 4.98 Å². The number of halogens is 1. The Kier molecular flexibility index (Phi) is 2.90. The smallest absolute Gasteiger partial charge is 0.217 e. The lowest BCUT2D eigenvalue weighted by Crippen LogP contribution is -2.10. The van der Waals surface area contributed by atoms with E-state index in [1.807, 2.05) is 6.20 Å². The van der Waals surface area contributed by atoms with E-state index in [1.54, 1.807) is 6.07 Å². The summed E-state index contributed by atoms with van der Waals surface area (Å²) in [5, 5.41) is 1.01. The average Bonchev–Trinajstić information content (AvgIpc) is 2.60. The van der Waals surface area contributed by atoms with Crippen molar-refractivity contribution in [2.75, 3.05) is 0 Å². The molecule has 0 aliphatic heterocycles. The van der Waals surface area contributed by atoms with Gasteiger partial charge in [-0.05, 0) is 36.6 Å². The van der Waals surface area contributed by atoms with Crippen LogP contribution in [0.4, 0.5) is 4.39 Å². The van der Waals surface area contributed by atoms with Gasteiger partial charge in [0.25, 0.3) is 0 Å². The summed E-state index contributed by atoms with van der Waals surface area (Å²) < 4.78 is 12.9. The number of carbonyl (C=O) groups is 1. The Morgan fingerprint density at radius 2 is 2.25 bits per heavy atom. The van der Waals surface area contributed by atoms with Crippen LogP contribution in [-0.4, -0.2) is 10.9 Å². The zero-order chi connectivity index (χ0) is 11.5. The van der Waals surface area contributed by atoms with E-state index in [0.717, 1.165) is 29.3 Å². The first-order valence-corrected chi connectivity index (χ1v) is 5.20. The molecule has 1 heterocycles. The molecule has 0 fully saturated rings. The van der Waals surface area contributed by atoms with Crippen LogP contribution in [0.15, 0.2) is 24.4 Å². The number of nitrogens with two attached hydrogens (primary N) is 1. The van der Waals surface area contributed by atoms with Gasteiger partial charge in [0.05, 0.1) is 0 Å². The molecule has 0 saturated heterocycles. The van der Waals surface area contributed by atoms with Crippen LogP contribution in [0.5, 0.6) is 0 Å². The van der Waals surface area contributed by atoms with E-state index in [-0.39, 0.29) is 11.7 Å². The predicted molar refractivity (Wildman–Crippen MR) is 60.4 cm³/mol. The molecule has 0 aliphatic rings. The lowest BCUT2D eigenvalue weighted by molar-refractivity contribution is -0.118. The molecule has 84 valence electrons. The zero-order valence-electron chi connectivity index (χ0n) is 8.79. The third-order valence-electron chi connectivity index (χ3n) is 2.60. The number of nitrogens with one attached hydrogen (secondary N) is 1. The number of amides is 1. The largest absolute Gasteiger partial charge is 0.370 e. The molecule has 0 aliphatic carbocycles. The summed E-state index contributed by atoms with van der Waals surface area (Å²) in [6.45, 7) is 0. The van der Waals surface area contributed by atoms with Crippen LogP contribution < -0.4 is 5.73 Å². The van der Waals surface area contributed by atoms with Gasteiger partial charge >= 0.3 is 0 Å². The van der Waals surface area contributed by atoms with Crippen LogP contribution in [0.25, 0.3) is 10.9 Å². The van der Waals surface area contributed by atoms with Crippen LogP contribution in [0.3, 0.4) is 0 Å². The fraction of sp³-hybridized carbons (Fsp3) is 0.250. The molecule has 3 nitrogen and oxygen atoms in total. The second kappa shape index (κ2) is 4.35. The summed E-state index contributed by atoms with van der Waals surface area (Å²) in [5.74, 6) is -0.538. The van der Waals surface area contributed by atoms with Crippen molar-refractivity contribution in [1.29, 1.82) is 0 Å². The Balaban J connectivity index is 2.15. The monoisotopic (exact) mass is 220 g/mol. The average molecular weight is 220 g/mol. The van der Waals surface area contributed by atoms with E-state index in [1.165, 1.54) is 12.1 Å². The normalized spacial score (nSPS) is 10.8. The first-order valence-electron chi connectivity index (χ1n) is 5.20. The summed E-state index contributed by atoms with van der Waals surface area (Å²) in [7, 11) is 0. The van der Waals surface area contributed by atoms with Gasteiger partial charge in [0.15, 0.2) is 0 Å². The van der Waals surface area contributed by atoms with Crippen molar-refractivity contribution in [3.63, 3.8) is 0 Å². The first-order chi connectivity index (χ1) is 7.66. The molecule has 2 rings (SSSR count). The van der Waals surface area contributed by atoms with Crippen molar-refractivity contribution in [2.45, 2.75) is 19.3 Å². The quantitative estimate of drug-likeness (QED) is 0.814. The number of benzene rings is 1. The van der Waals surface area contributed by atoms with Crippen LogP contribution in [0, 0.1) is 5.82 Å². The molecule has 0 bridgehead atoms. The van der Waals surface area contributed by atoms with Crippen LogP contribution >= 0.6 is 0 Å². The van der Waals surface area contributed by atoms with Gasteiger partial charge in [-0.1, -0.05) is 0 Å². The molecule has 0 unspecified atom stereocenters. The van der Waals surface area contributed by atoms with Gasteiger partial charge in [0.2, 0.25) is 5.91 Å². The second-order valence-corrected chi connectivity index (χ2v) is 3.82. The molecule has 4 heteroatoms. The highest BCUT2D eigenvalue weighted by molar-refractivity contribution is 5.83. The number of hydrogen-bond acceptors (Lipinski definition) is 1. The molecule has 1 aromatic carbocycles. The van der Waals surface area contributed by atoms with E-state index in [0.29, 0.717) is 6.42 Å². The van der Waals surface area contributed by atoms with E-state index < -0.39 is 0 Å². The molecule has 1 aromatic heterocycles. The van der Waals surface area contributed by atoms with Gasteiger partial charge < -0.3 is 10.7 Å². The molecule has 2 aromatic rings. The standard InChI is InChI=1S/C12H13FN2O/c13-9-4-5-10-8(2-1-3-12(14)16)7-15-11(10)6-9/h4-7,15H,1-3H2,(H2,14,16). The molecular formula is C12H13FN2O. The lowest BCUT2D eigenvalue weighted by Gasteiger charge is -1.97. The molecule has 0 radical (unpaired) electrons. The van der Waals surface area contributed by atoms with Crippen molar-refractivity contribution >= 4 is 16.8 Å². The number of aryl methyl sites for hydroxylation is 1. The number of hydrogen-bond donors (Lipinski definition) is 2. The minimum absolute atomic E-state index is 0.252. The van der Waals surface area contributed by atoms with Gasteiger partial charge in [0.1, 0.15) is 5.82 Å². The van der Waals surface area contributed by atoms with Crippen molar-refractivity contribution < 1.29 is 9.18 Å². The van der Waals surface area contributed by atoms with Crippen molar-refractivity contribution in [3.8, 4) is 0 Å². The molecule has 1 amide bonds. The fourth-order valence-electron chi connectivity index (χ4n) is 1.82. The van der Waals surface area contributed by atoms with E-state index in [9.17, 15) is 9.18 Å². The zero-order valence-corrected chi connectivity index (χ0v) is 8.79. The summed E-state index contributed by atoms with van der Waals surface area (Å²) in [6.07, 6.45) is 3.73. The summed E-state index contributed by atoms with van der Waals surface area (Å²) in [4.78, 5) is 13.6. The Hall–Kier alpha value is -1.84. The Morgan fingerprint density at radius 3 is 3.00 bits per heavy atom. The molecule has 16 heavy (non-hydrogen) atoms. The number of carbonyl (C=O) groups excluding carboxylic acids is 1. The summed E-state index contributed by atoms with van der Waals surface area (Å²) in [6, 6.07) is 4.65. The maximum atomic E-state index is 12.9. The molecular weight excluding hydrogens is 207 g/mol. The second-order valence-electron chi connectivity index (χ2n) is 3.82. The van der Waals surface area contributed by atoms with Crippen molar-refractivity contribution in [2.24, 2.45) is 5.73 Å². The Bertz CT molecular complexity index is 519. The Morgan fingerprint density at radius 1 is 1.44 bits per heavy atom. The number of H-pyrrole nitrogens is 1. The van der Waals surface area contributed by atoms with Gasteiger partial charge in [-0.3, -0.25) is 4.79 Å². The molecule has 3 N–H and O–H groups in total. The van der Waals surface area contributed by atoms with Crippen molar-refractivity contribution in [3.05, 3.63) is 35.8 Å². The van der Waals surface area contributed by atoms with E-state index in [2.05, 4.69) is 4.98 Å². The number of primary amides is 1. The maximum Gasteiger partial charge on any atom is 0.217 e. The number of rotatable bonds is 4. The van der Waals surface area contributed by atoms with Crippen LogP contribution in [-0.2, 0) is 11.2 Å². The Labute approximate surface area is 92.4 Å². The SMILES string of the molecule is NC(=O)CCCc1c[nH]c2cc(F)ccc12. The van der Waals surface area contributed by atoms with E-state index >= 15 is 0 Å². The minimum atomic E-state index is -0.286. The highest BCUT2D eigenvalue weighted by Gasteiger charge is 2.05. The fourth-order valence-corrected chi connectivity index (χ4v) is 1.82. The van der Waals surface area contributed by atoms with Gasteiger partial charge in [-0.15, -0.1) is 0 Å². The van der Waals surface area contributed by atoms with E-state index in [4.69, 9.17) is 5.73 Å². The third-order valence-corrected chi connectivity index (χ3v) is 2.60. The molecule has 0 saturated carbocycles. The maximum absolute atomic E-state index is 12.9. The van der Waals surface area contributed by atoms with Gasteiger partial charge in [0, 0.05) is 23.5 Å². The predicted octanol–water partition coefficient (Wildman–Crippen LogP) is 2.11. The summed E-state index contributed by atoms with van der Waals surface area (Å²) >= 11 is 0. The summed E-state index contributed by atoms with van der Waals surface area (Å²) in [5.41, 5.74) is 6.95. The topological polar surface area (TPSA) is 58.9 Å². The number of fused-ring (bicyclic) bond motifs is 1. The minimum Gasteiger partial charge on any atom is -0.370 e. The third kappa shape index (κ3) is 2.21. The highest BCUT2D eigenvalue weighted by atomic mass is 19.1. The van der Waals surface area contributed by atoms with Crippen LogP contribution in [0.2, 0.25) is 0 Å². The number of aromatic amines is 1. The van der Waals surface area contributed by atoms with Crippen LogP contribution in [0.1, 0.15) is 18.4 Å². The first kappa shape index (κ1) is 10.7. The lowest BCUT2D eigenvalue weighted by atomic mass is 10.1.